The van der Waals surface area contributed by atoms with Crippen LogP contribution >= 0.6 is 22.9 Å². The third kappa shape index (κ3) is 2.67. The number of anilines is 1. The van der Waals surface area contributed by atoms with E-state index < -0.39 is 0 Å². The van der Waals surface area contributed by atoms with Gasteiger partial charge in [0, 0.05) is 4.70 Å². The molecular formula is C17H14ClNOS. The summed E-state index contributed by atoms with van der Waals surface area (Å²) in [7, 11) is 0. The molecule has 2 nitrogen and oxygen atoms in total. The summed E-state index contributed by atoms with van der Waals surface area (Å²) in [5.41, 5.74) is 2.72. The number of amides is 1. The molecule has 0 atom stereocenters. The van der Waals surface area contributed by atoms with E-state index in [9.17, 15) is 4.79 Å². The van der Waals surface area contributed by atoms with Gasteiger partial charge in [-0.1, -0.05) is 35.9 Å². The van der Waals surface area contributed by atoms with Crippen LogP contribution in [0.2, 0.25) is 5.02 Å². The van der Waals surface area contributed by atoms with Crippen molar-refractivity contribution in [2.24, 2.45) is 0 Å². The van der Waals surface area contributed by atoms with Gasteiger partial charge in [-0.15, -0.1) is 11.3 Å². The summed E-state index contributed by atoms with van der Waals surface area (Å²) in [6, 6.07) is 13.6. The van der Waals surface area contributed by atoms with Gasteiger partial charge >= 0.3 is 0 Å². The molecule has 0 aliphatic rings. The summed E-state index contributed by atoms with van der Waals surface area (Å²) in [6.07, 6.45) is 0. The number of fused-ring (bicyclic) bond motifs is 1. The lowest BCUT2D eigenvalue weighted by Crippen LogP contribution is -2.11. The Morgan fingerprint density at radius 3 is 2.62 bits per heavy atom. The Hall–Kier alpha value is -1.84. The summed E-state index contributed by atoms with van der Waals surface area (Å²) in [5, 5.41) is 4.58. The summed E-state index contributed by atoms with van der Waals surface area (Å²) in [6.45, 7) is 3.94. The molecule has 106 valence electrons. The zero-order valence-corrected chi connectivity index (χ0v) is 13.3. The third-order valence-electron chi connectivity index (χ3n) is 3.42. The van der Waals surface area contributed by atoms with Gasteiger partial charge in [0.2, 0.25) is 0 Å². The Bertz CT molecular complexity index is 838. The molecule has 1 heterocycles. The quantitative estimate of drug-likeness (QED) is 0.671. The molecule has 21 heavy (non-hydrogen) atoms. The highest BCUT2D eigenvalue weighted by Crippen LogP contribution is 2.32. The number of thiophene rings is 1. The molecule has 0 unspecified atom stereocenters. The van der Waals surface area contributed by atoms with E-state index in [1.807, 2.05) is 56.3 Å². The van der Waals surface area contributed by atoms with E-state index in [4.69, 9.17) is 11.6 Å². The van der Waals surface area contributed by atoms with E-state index >= 15 is 0 Å². The molecule has 0 bridgehead atoms. The van der Waals surface area contributed by atoms with Crippen molar-refractivity contribution in [3.8, 4) is 0 Å². The average Bonchev–Trinajstić information content (AvgIpc) is 2.80. The highest BCUT2D eigenvalue weighted by Gasteiger charge is 2.16. The zero-order chi connectivity index (χ0) is 15.0. The lowest BCUT2D eigenvalue weighted by atomic mass is 10.1. The minimum Gasteiger partial charge on any atom is -0.320 e. The van der Waals surface area contributed by atoms with Crippen LogP contribution < -0.4 is 5.32 Å². The highest BCUT2D eigenvalue weighted by atomic mass is 35.5. The Morgan fingerprint density at radius 2 is 1.90 bits per heavy atom. The van der Waals surface area contributed by atoms with Gasteiger partial charge in [0.25, 0.3) is 5.91 Å². The zero-order valence-electron chi connectivity index (χ0n) is 11.7. The molecule has 3 rings (SSSR count). The van der Waals surface area contributed by atoms with Crippen molar-refractivity contribution in [2.45, 2.75) is 13.8 Å². The standard InChI is InChI=1S/C17H14ClNOS/c1-10-7-8-14(13(18)9-10)19-17(20)16-11(2)12-5-3-4-6-15(12)21-16/h3-9H,1-2H3,(H,19,20). The lowest BCUT2D eigenvalue weighted by molar-refractivity contribution is 0.103. The number of carbonyl (C=O) groups excluding carboxylic acids is 1. The number of hydrogen-bond acceptors (Lipinski definition) is 2. The van der Waals surface area contributed by atoms with Crippen LogP contribution in [0, 0.1) is 13.8 Å². The van der Waals surface area contributed by atoms with Gasteiger partial charge in [0.15, 0.2) is 0 Å². The second-order valence-electron chi connectivity index (χ2n) is 4.99. The van der Waals surface area contributed by atoms with Crippen LogP contribution in [0.1, 0.15) is 20.8 Å². The number of rotatable bonds is 2. The Morgan fingerprint density at radius 1 is 1.14 bits per heavy atom. The van der Waals surface area contributed by atoms with Gasteiger partial charge < -0.3 is 5.32 Å². The van der Waals surface area contributed by atoms with Gasteiger partial charge in [-0.25, -0.2) is 0 Å². The molecular weight excluding hydrogens is 302 g/mol. The van der Waals surface area contributed by atoms with E-state index in [2.05, 4.69) is 5.32 Å². The van der Waals surface area contributed by atoms with E-state index in [0.29, 0.717) is 10.7 Å². The third-order valence-corrected chi connectivity index (χ3v) is 5.01. The normalized spacial score (nSPS) is 10.8. The van der Waals surface area contributed by atoms with Crippen LogP contribution in [-0.4, -0.2) is 5.91 Å². The molecule has 1 aromatic heterocycles. The van der Waals surface area contributed by atoms with Gasteiger partial charge in [-0.3, -0.25) is 4.79 Å². The number of benzene rings is 2. The van der Waals surface area contributed by atoms with Crippen molar-refractivity contribution in [3.05, 3.63) is 63.5 Å². The Balaban J connectivity index is 1.95. The van der Waals surface area contributed by atoms with Gasteiger partial charge in [0.1, 0.15) is 0 Å². The average molecular weight is 316 g/mol. The highest BCUT2D eigenvalue weighted by molar-refractivity contribution is 7.21. The molecule has 0 aliphatic carbocycles. The molecule has 2 aromatic carbocycles. The van der Waals surface area contributed by atoms with Crippen LogP contribution in [0.15, 0.2) is 42.5 Å². The van der Waals surface area contributed by atoms with E-state index in [1.165, 1.54) is 11.3 Å². The summed E-state index contributed by atoms with van der Waals surface area (Å²) in [4.78, 5) is 13.2. The van der Waals surface area contributed by atoms with Crippen molar-refractivity contribution < 1.29 is 4.79 Å². The van der Waals surface area contributed by atoms with Crippen molar-refractivity contribution in [3.63, 3.8) is 0 Å². The number of hydrogen-bond donors (Lipinski definition) is 1. The number of nitrogens with one attached hydrogen (secondary N) is 1. The first-order valence-corrected chi connectivity index (χ1v) is 7.81. The van der Waals surface area contributed by atoms with Crippen molar-refractivity contribution in [2.75, 3.05) is 5.32 Å². The largest absolute Gasteiger partial charge is 0.320 e. The van der Waals surface area contributed by atoms with Crippen molar-refractivity contribution in [1.82, 2.24) is 0 Å². The predicted octanol–water partition coefficient (Wildman–Crippen LogP) is 5.42. The van der Waals surface area contributed by atoms with Gasteiger partial charge in [-0.2, -0.15) is 0 Å². The van der Waals surface area contributed by atoms with Crippen LogP contribution in [0.3, 0.4) is 0 Å². The number of carbonyl (C=O) groups is 1. The SMILES string of the molecule is Cc1ccc(NC(=O)c2sc3ccccc3c2C)c(Cl)c1. The van der Waals surface area contributed by atoms with Gasteiger partial charge in [-0.05, 0) is 48.6 Å². The molecule has 1 N–H and O–H groups in total. The maximum absolute atomic E-state index is 12.5. The Labute approximate surface area is 132 Å². The fourth-order valence-electron chi connectivity index (χ4n) is 2.29. The predicted molar refractivity (Wildman–Crippen MR) is 90.7 cm³/mol. The first-order valence-electron chi connectivity index (χ1n) is 6.62. The first kappa shape index (κ1) is 14.1. The lowest BCUT2D eigenvalue weighted by Gasteiger charge is -2.07. The van der Waals surface area contributed by atoms with Crippen molar-refractivity contribution in [1.29, 1.82) is 0 Å². The van der Waals surface area contributed by atoms with Crippen LogP contribution in [0.25, 0.3) is 10.1 Å². The fourth-order valence-corrected chi connectivity index (χ4v) is 3.68. The number of aryl methyl sites for hydroxylation is 2. The maximum atomic E-state index is 12.5. The maximum Gasteiger partial charge on any atom is 0.266 e. The van der Waals surface area contributed by atoms with Crippen LogP contribution in [0.4, 0.5) is 5.69 Å². The van der Waals surface area contributed by atoms with Gasteiger partial charge in [0.05, 0.1) is 15.6 Å². The van der Waals surface area contributed by atoms with Crippen LogP contribution in [0.5, 0.6) is 0 Å². The second kappa shape index (κ2) is 5.51. The summed E-state index contributed by atoms with van der Waals surface area (Å²) in [5.74, 6) is -0.112. The second-order valence-corrected chi connectivity index (χ2v) is 6.45. The smallest absolute Gasteiger partial charge is 0.266 e. The first-order chi connectivity index (χ1) is 10.1. The molecule has 4 heteroatoms. The van der Waals surface area contributed by atoms with E-state index in [1.54, 1.807) is 0 Å². The minimum atomic E-state index is -0.112. The molecule has 0 fully saturated rings. The number of halogens is 1. The topological polar surface area (TPSA) is 29.1 Å². The fraction of sp³-hybridized carbons (Fsp3) is 0.118. The van der Waals surface area contributed by atoms with Crippen LogP contribution in [-0.2, 0) is 0 Å². The molecule has 3 aromatic rings. The van der Waals surface area contributed by atoms with E-state index in [0.717, 1.165) is 26.1 Å². The Kier molecular flexibility index (Phi) is 3.70. The molecule has 0 saturated carbocycles. The van der Waals surface area contributed by atoms with Crippen molar-refractivity contribution >= 4 is 44.6 Å². The molecule has 0 saturated heterocycles. The summed E-state index contributed by atoms with van der Waals surface area (Å²) >= 11 is 7.67. The monoisotopic (exact) mass is 315 g/mol. The van der Waals surface area contributed by atoms with E-state index in [-0.39, 0.29) is 5.91 Å². The molecule has 0 radical (unpaired) electrons. The molecule has 0 aliphatic heterocycles. The molecule has 0 spiro atoms. The minimum absolute atomic E-state index is 0.112. The summed E-state index contributed by atoms with van der Waals surface area (Å²) < 4.78 is 1.12. The molecule has 1 amide bonds.